The molecule has 0 fully saturated rings. The van der Waals surface area contributed by atoms with Crippen LogP contribution in [0.4, 0.5) is 0 Å². The Morgan fingerprint density at radius 2 is 1.88 bits per heavy atom. The number of benzene rings is 1. The van der Waals surface area contributed by atoms with Gasteiger partial charge in [-0.3, -0.25) is 4.79 Å². The molecule has 1 aromatic carbocycles. The molecule has 1 nitrogen and oxygen atoms in total. The molecule has 0 N–H and O–H groups in total. The molecule has 0 amide bonds. The van der Waals surface area contributed by atoms with Crippen LogP contribution in [0.15, 0.2) is 37.9 Å². The van der Waals surface area contributed by atoms with Gasteiger partial charge in [-0.2, -0.15) is 0 Å². The minimum absolute atomic E-state index is 0.0620. The Balaban J connectivity index is 2.47. The van der Waals surface area contributed by atoms with Crippen molar-refractivity contribution in [2.75, 3.05) is 0 Å². The van der Waals surface area contributed by atoms with Gasteiger partial charge in [-0.05, 0) is 50.4 Å². The summed E-state index contributed by atoms with van der Waals surface area (Å²) < 4.78 is 1.82. The molecule has 4 heteroatoms. The summed E-state index contributed by atoms with van der Waals surface area (Å²) in [6.45, 7) is 1.95. The normalized spacial score (nSPS) is 10.4. The van der Waals surface area contributed by atoms with E-state index in [1.54, 1.807) is 0 Å². The van der Waals surface area contributed by atoms with Gasteiger partial charge >= 0.3 is 0 Å². The third-order valence-corrected chi connectivity index (χ3v) is 4.63. The predicted octanol–water partition coefficient (Wildman–Crippen LogP) is 4.81. The molecule has 0 aliphatic heterocycles. The van der Waals surface area contributed by atoms with Crippen LogP contribution >= 0.6 is 43.2 Å². The maximum absolute atomic E-state index is 12.3. The zero-order valence-electron chi connectivity index (χ0n) is 8.46. The molecule has 2 rings (SSSR count). The van der Waals surface area contributed by atoms with E-state index in [-0.39, 0.29) is 5.78 Å². The number of rotatable bonds is 2. The van der Waals surface area contributed by atoms with Gasteiger partial charge < -0.3 is 0 Å². The highest BCUT2D eigenvalue weighted by atomic mass is 79.9. The number of hydrogen-bond acceptors (Lipinski definition) is 2. The average Bonchev–Trinajstić information content (AvgIpc) is 2.58. The van der Waals surface area contributed by atoms with Crippen molar-refractivity contribution in [3.05, 3.63) is 54.6 Å². The van der Waals surface area contributed by atoms with Crippen LogP contribution < -0.4 is 0 Å². The molecule has 1 aromatic heterocycles. The van der Waals surface area contributed by atoms with Crippen LogP contribution in [0, 0.1) is 6.92 Å². The van der Waals surface area contributed by atoms with Crippen molar-refractivity contribution in [3.63, 3.8) is 0 Å². The van der Waals surface area contributed by atoms with Crippen molar-refractivity contribution in [1.29, 1.82) is 0 Å². The minimum atomic E-state index is 0.0620. The second kappa shape index (κ2) is 4.82. The zero-order valence-corrected chi connectivity index (χ0v) is 12.4. The lowest BCUT2D eigenvalue weighted by Crippen LogP contribution is -2.02. The van der Waals surface area contributed by atoms with Gasteiger partial charge in [-0.1, -0.05) is 24.3 Å². The quantitative estimate of drug-likeness (QED) is 0.703. The first-order chi connectivity index (χ1) is 7.59. The average molecular weight is 360 g/mol. The van der Waals surface area contributed by atoms with Crippen LogP contribution in [0.1, 0.15) is 21.5 Å². The fourth-order valence-corrected chi connectivity index (χ4v) is 4.26. The first kappa shape index (κ1) is 12.0. The summed E-state index contributed by atoms with van der Waals surface area (Å²) in [6, 6.07) is 9.47. The number of aryl methyl sites for hydroxylation is 1. The first-order valence-corrected chi connectivity index (χ1v) is 7.05. The fourth-order valence-electron chi connectivity index (χ4n) is 1.47. The monoisotopic (exact) mass is 358 g/mol. The summed E-state index contributed by atoms with van der Waals surface area (Å²) >= 11 is 8.30. The van der Waals surface area contributed by atoms with Gasteiger partial charge in [-0.25, -0.2) is 0 Å². The zero-order chi connectivity index (χ0) is 11.7. The maximum atomic E-state index is 12.3. The molecule has 0 spiro atoms. The van der Waals surface area contributed by atoms with Crippen molar-refractivity contribution in [2.24, 2.45) is 0 Å². The molecular weight excluding hydrogens is 352 g/mol. The van der Waals surface area contributed by atoms with Gasteiger partial charge in [0.05, 0.1) is 7.57 Å². The van der Waals surface area contributed by atoms with Gasteiger partial charge in [0.2, 0.25) is 0 Å². The van der Waals surface area contributed by atoms with Crippen LogP contribution in [0.5, 0.6) is 0 Å². The van der Waals surface area contributed by atoms with Crippen molar-refractivity contribution in [1.82, 2.24) is 0 Å². The number of carbonyl (C=O) groups excluding carboxylic acids is 1. The summed E-state index contributed by atoms with van der Waals surface area (Å²) in [4.78, 5) is 12.3. The molecule has 0 unspecified atom stereocenters. The second-order valence-electron chi connectivity index (χ2n) is 3.38. The van der Waals surface area contributed by atoms with Gasteiger partial charge in [0.25, 0.3) is 0 Å². The van der Waals surface area contributed by atoms with Crippen LogP contribution in [0.25, 0.3) is 0 Å². The van der Waals surface area contributed by atoms with Gasteiger partial charge in [-0.15, -0.1) is 11.3 Å². The molecule has 0 saturated heterocycles. The fraction of sp³-hybridized carbons (Fsp3) is 0.0833. The molecule has 0 radical (unpaired) electrons. The lowest BCUT2D eigenvalue weighted by atomic mass is 10.0. The van der Waals surface area contributed by atoms with E-state index in [0.717, 1.165) is 18.7 Å². The molecule has 0 saturated carbocycles. The van der Waals surface area contributed by atoms with Gasteiger partial charge in [0.1, 0.15) is 0 Å². The smallest absolute Gasteiger partial charge is 0.195 e. The van der Waals surface area contributed by atoms with E-state index in [2.05, 4.69) is 31.9 Å². The highest BCUT2D eigenvalue weighted by Gasteiger charge is 2.16. The van der Waals surface area contributed by atoms with Crippen LogP contribution in [0.2, 0.25) is 0 Å². The molecule has 1 heterocycles. The summed E-state index contributed by atoms with van der Waals surface area (Å²) in [5, 5.41) is 0. The SMILES string of the molecule is Cc1ccccc1C(=O)c1cc(Br)sc1Br. The molecule has 16 heavy (non-hydrogen) atoms. The van der Waals surface area contributed by atoms with E-state index in [1.165, 1.54) is 11.3 Å². The van der Waals surface area contributed by atoms with Crippen LogP contribution in [-0.2, 0) is 0 Å². The van der Waals surface area contributed by atoms with Crippen molar-refractivity contribution < 1.29 is 4.79 Å². The Bertz CT molecular complexity index is 546. The van der Waals surface area contributed by atoms with Crippen molar-refractivity contribution in [2.45, 2.75) is 6.92 Å². The molecule has 0 bridgehead atoms. The van der Waals surface area contributed by atoms with Crippen LogP contribution in [0.3, 0.4) is 0 Å². The van der Waals surface area contributed by atoms with Crippen molar-refractivity contribution >= 4 is 49.0 Å². The third kappa shape index (κ3) is 2.29. The van der Waals surface area contributed by atoms with Crippen LogP contribution in [-0.4, -0.2) is 5.78 Å². The highest BCUT2D eigenvalue weighted by Crippen LogP contribution is 2.33. The van der Waals surface area contributed by atoms with E-state index in [9.17, 15) is 4.79 Å². The summed E-state index contributed by atoms with van der Waals surface area (Å²) in [6.07, 6.45) is 0. The molecule has 0 atom stereocenters. The number of carbonyl (C=O) groups is 1. The van der Waals surface area contributed by atoms with Gasteiger partial charge in [0.15, 0.2) is 5.78 Å². The lowest BCUT2D eigenvalue weighted by Gasteiger charge is -2.02. The highest BCUT2D eigenvalue weighted by molar-refractivity contribution is 9.12. The molecule has 0 aliphatic carbocycles. The summed E-state index contributed by atoms with van der Waals surface area (Å²) in [5.74, 6) is 0.0620. The molecule has 2 aromatic rings. The second-order valence-corrected chi connectivity index (χ2v) is 7.13. The lowest BCUT2D eigenvalue weighted by molar-refractivity contribution is 0.103. The molecule has 82 valence electrons. The van der Waals surface area contributed by atoms with Gasteiger partial charge in [0, 0.05) is 11.1 Å². The Hall–Kier alpha value is -0.450. The number of hydrogen-bond donors (Lipinski definition) is 0. The number of thiophene rings is 1. The summed E-state index contributed by atoms with van der Waals surface area (Å²) in [7, 11) is 0. The molecular formula is C12H8Br2OS. The minimum Gasteiger partial charge on any atom is -0.289 e. The Kier molecular flexibility index (Phi) is 3.62. The largest absolute Gasteiger partial charge is 0.289 e. The Morgan fingerprint density at radius 1 is 1.19 bits per heavy atom. The van der Waals surface area contributed by atoms with E-state index in [4.69, 9.17) is 0 Å². The maximum Gasteiger partial charge on any atom is 0.195 e. The summed E-state index contributed by atoms with van der Waals surface area (Å²) in [5.41, 5.74) is 2.47. The number of ketones is 1. The Labute approximate surface area is 115 Å². The van der Waals surface area contributed by atoms with E-state index in [0.29, 0.717) is 5.56 Å². The Morgan fingerprint density at radius 3 is 2.44 bits per heavy atom. The number of halogens is 2. The van der Waals surface area contributed by atoms with E-state index >= 15 is 0 Å². The van der Waals surface area contributed by atoms with E-state index < -0.39 is 0 Å². The third-order valence-electron chi connectivity index (χ3n) is 2.29. The standard InChI is InChI=1S/C12H8Br2OS/c1-7-4-2-3-5-8(7)11(15)9-6-10(13)16-12(9)14/h2-6H,1H3. The molecule has 0 aliphatic rings. The topological polar surface area (TPSA) is 17.1 Å². The predicted molar refractivity (Wildman–Crippen MR) is 74.3 cm³/mol. The first-order valence-electron chi connectivity index (χ1n) is 4.65. The van der Waals surface area contributed by atoms with Crippen molar-refractivity contribution in [3.8, 4) is 0 Å². The van der Waals surface area contributed by atoms with E-state index in [1.807, 2.05) is 37.3 Å².